The van der Waals surface area contributed by atoms with Crippen LogP contribution in [-0.2, 0) is 24.3 Å². The Morgan fingerprint density at radius 1 is 1.26 bits per heavy atom. The van der Waals surface area contributed by atoms with E-state index in [9.17, 15) is 18.0 Å². The van der Waals surface area contributed by atoms with Crippen molar-refractivity contribution in [3.05, 3.63) is 30.3 Å². The lowest BCUT2D eigenvalue weighted by molar-refractivity contribution is -0.150. The van der Waals surface area contributed by atoms with Crippen molar-refractivity contribution in [2.24, 2.45) is 0 Å². The highest BCUT2D eigenvalue weighted by atomic mass is 32.2. The van der Waals surface area contributed by atoms with Gasteiger partial charge in [-0.05, 0) is 25.5 Å². The van der Waals surface area contributed by atoms with Gasteiger partial charge in [0.15, 0.2) is 0 Å². The molecule has 0 radical (unpaired) electrons. The summed E-state index contributed by atoms with van der Waals surface area (Å²) < 4.78 is 30.3. The van der Waals surface area contributed by atoms with Crippen LogP contribution in [0.1, 0.15) is 20.3 Å². The second-order valence-corrected chi connectivity index (χ2v) is 7.34. The first-order valence-corrected chi connectivity index (χ1v) is 8.52. The quantitative estimate of drug-likeness (QED) is 0.739. The van der Waals surface area contributed by atoms with Gasteiger partial charge in [0.05, 0.1) is 18.6 Å². The highest BCUT2D eigenvalue weighted by molar-refractivity contribution is 7.89. The molecular formula is C15H22N2O5S. The van der Waals surface area contributed by atoms with Crippen molar-refractivity contribution in [3.63, 3.8) is 0 Å². The summed E-state index contributed by atoms with van der Waals surface area (Å²) in [6.45, 7) is 2.86. The first-order chi connectivity index (χ1) is 10.7. The molecule has 128 valence electrons. The number of carbonyl (C=O) groups excluding carboxylic acids is 2. The summed E-state index contributed by atoms with van der Waals surface area (Å²) in [6, 6.07) is 7.82. The number of rotatable bonds is 7. The zero-order chi connectivity index (χ0) is 17.7. The number of nitrogens with one attached hydrogen (secondary N) is 1. The predicted octanol–water partition coefficient (Wildman–Crippen LogP) is 0.765. The molecule has 0 aliphatic rings. The standard InChI is InChI=1S/C15H22N2O5S/c1-5-15(2,14(19)22-4)16-13(18)11-17(3)23(20,21)12-9-7-6-8-10-12/h6-10H,5,11H2,1-4H3,(H,16,18)/t15-/m0/s1. The minimum Gasteiger partial charge on any atom is -0.467 e. The van der Waals surface area contributed by atoms with Crippen molar-refractivity contribution < 1.29 is 22.7 Å². The minimum absolute atomic E-state index is 0.0986. The average Bonchev–Trinajstić information content (AvgIpc) is 2.54. The number of amides is 1. The van der Waals surface area contributed by atoms with Gasteiger partial charge in [-0.25, -0.2) is 13.2 Å². The number of likely N-dealkylation sites (N-methyl/N-ethyl adjacent to an activating group) is 1. The highest BCUT2D eigenvalue weighted by Crippen LogP contribution is 2.14. The van der Waals surface area contributed by atoms with Crippen LogP contribution in [0.5, 0.6) is 0 Å². The first kappa shape index (κ1) is 19.1. The summed E-state index contributed by atoms with van der Waals surface area (Å²) in [5, 5.41) is 2.53. The van der Waals surface area contributed by atoms with Crippen LogP contribution in [-0.4, -0.2) is 50.8 Å². The van der Waals surface area contributed by atoms with E-state index in [4.69, 9.17) is 0 Å². The number of ether oxygens (including phenoxy) is 1. The van der Waals surface area contributed by atoms with Gasteiger partial charge in [0.1, 0.15) is 5.54 Å². The van der Waals surface area contributed by atoms with E-state index in [0.29, 0.717) is 6.42 Å². The van der Waals surface area contributed by atoms with Crippen molar-refractivity contribution >= 4 is 21.9 Å². The van der Waals surface area contributed by atoms with Crippen molar-refractivity contribution in [1.82, 2.24) is 9.62 Å². The number of benzene rings is 1. The summed E-state index contributed by atoms with van der Waals surface area (Å²) in [7, 11) is -1.23. The van der Waals surface area contributed by atoms with E-state index >= 15 is 0 Å². The number of sulfonamides is 1. The molecule has 0 aliphatic carbocycles. The Morgan fingerprint density at radius 2 is 1.83 bits per heavy atom. The lowest BCUT2D eigenvalue weighted by Gasteiger charge is -2.27. The molecule has 1 rings (SSSR count). The van der Waals surface area contributed by atoms with Crippen LogP contribution in [0, 0.1) is 0 Å². The maximum atomic E-state index is 12.3. The Kier molecular flexibility index (Phi) is 6.28. The average molecular weight is 342 g/mol. The summed E-state index contributed by atoms with van der Waals surface area (Å²) in [5.74, 6) is -1.16. The molecule has 0 aromatic heterocycles. The minimum atomic E-state index is -3.77. The maximum absolute atomic E-state index is 12.3. The van der Waals surface area contributed by atoms with Crippen LogP contribution in [0.15, 0.2) is 35.2 Å². The lowest BCUT2D eigenvalue weighted by atomic mass is 9.99. The van der Waals surface area contributed by atoms with E-state index in [1.165, 1.54) is 33.2 Å². The van der Waals surface area contributed by atoms with Gasteiger partial charge in [-0.1, -0.05) is 25.1 Å². The third kappa shape index (κ3) is 4.52. The molecule has 0 spiro atoms. The molecule has 23 heavy (non-hydrogen) atoms. The van der Waals surface area contributed by atoms with Crippen LogP contribution in [0.3, 0.4) is 0 Å². The third-order valence-corrected chi connectivity index (χ3v) is 5.39. The highest BCUT2D eigenvalue weighted by Gasteiger charge is 2.35. The van der Waals surface area contributed by atoms with Crippen LogP contribution < -0.4 is 5.32 Å². The van der Waals surface area contributed by atoms with Gasteiger partial charge in [-0.15, -0.1) is 0 Å². The number of hydrogen-bond donors (Lipinski definition) is 1. The zero-order valence-corrected chi connectivity index (χ0v) is 14.5. The van der Waals surface area contributed by atoms with Crippen molar-refractivity contribution in [3.8, 4) is 0 Å². The fourth-order valence-electron chi connectivity index (χ4n) is 1.92. The molecule has 0 fully saturated rings. The molecule has 0 unspecified atom stereocenters. The second-order valence-electron chi connectivity index (χ2n) is 5.30. The summed E-state index contributed by atoms with van der Waals surface area (Å²) >= 11 is 0. The number of esters is 1. The molecule has 7 nitrogen and oxygen atoms in total. The molecule has 0 heterocycles. The SMILES string of the molecule is CC[C@](C)(NC(=O)CN(C)S(=O)(=O)c1ccccc1)C(=O)OC. The smallest absolute Gasteiger partial charge is 0.331 e. The Labute approximate surface area is 136 Å². The van der Waals surface area contributed by atoms with E-state index in [-0.39, 0.29) is 4.90 Å². The topological polar surface area (TPSA) is 92.8 Å². The number of nitrogens with zero attached hydrogens (tertiary/aromatic N) is 1. The van der Waals surface area contributed by atoms with Gasteiger partial charge in [0, 0.05) is 7.05 Å². The number of methoxy groups -OCH3 is 1. The van der Waals surface area contributed by atoms with E-state index in [2.05, 4.69) is 10.1 Å². The molecule has 1 N–H and O–H groups in total. The van der Waals surface area contributed by atoms with Crippen LogP contribution in [0.4, 0.5) is 0 Å². The normalized spacial score (nSPS) is 14.1. The predicted molar refractivity (Wildman–Crippen MR) is 85.1 cm³/mol. The lowest BCUT2D eigenvalue weighted by Crippen LogP contribution is -2.54. The summed E-state index contributed by atoms with van der Waals surface area (Å²) in [6.07, 6.45) is 0.320. The Balaban J connectivity index is 2.83. The Hall–Kier alpha value is -1.93. The van der Waals surface area contributed by atoms with Gasteiger partial charge in [-0.2, -0.15) is 4.31 Å². The van der Waals surface area contributed by atoms with Gasteiger partial charge < -0.3 is 10.1 Å². The summed E-state index contributed by atoms with van der Waals surface area (Å²) in [4.78, 5) is 23.9. The largest absolute Gasteiger partial charge is 0.467 e. The monoisotopic (exact) mass is 342 g/mol. The van der Waals surface area contributed by atoms with Crippen molar-refractivity contribution in [2.75, 3.05) is 20.7 Å². The molecular weight excluding hydrogens is 320 g/mol. The molecule has 0 bridgehead atoms. The molecule has 1 aromatic carbocycles. The Morgan fingerprint density at radius 3 is 2.30 bits per heavy atom. The molecule has 1 amide bonds. The molecule has 0 saturated heterocycles. The van der Waals surface area contributed by atoms with Crippen LogP contribution in [0.2, 0.25) is 0 Å². The van der Waals surface area contributed by atoms with E-state index in [1.807, 2.05) is 0 Å². The number of carbonyl (C=O) groups is 2. The fraction of sp³-hybridized carbons (Fsp3) is 0.467. The molecule has 1 atom stereocenters. The summed E-state index contributed by atoms with van der Waals surface area (Å²) in [5.41, 5.74) is -1.19. The molecule has 0 aliphatic heterocycles. The van der Waals surface area contributed by atoms with Gasteiger partial charge in [-0.3, -0.25) is 4.79 Å². The maximum Gasteiger partial charge on any atom is 0.331 e. The van der Waals surface area contributed by atoms with Crippen LogP contribution >= 0.6 is 0 Å². The van der Waals surface area contributed by atoms with Gasteiger partial charge in [0.25, 0.3) is 0 Å². The van der Waals surface area contributed by atoms with Crippen molar-refractivity contribution in [2.45, 2.75) is 30.7 Å². The van der Waals surface area contributed by atoms with E-state index in [1.54, 1.807) is 25.1 Å². The first-order valence-electron chi connectivity index (χ1n) is 7.08. The molecule has 0 saturated carbocycles. The number of hydrogen-bond acceptors (Lipinski definition) is 5. The molecule has 1 aromatic rings. The zero-order valence-electron chi connectivity index (χ0n) is 13.7. The van der Waals surface area contributed by atoms with E-state index in [0.717, 1.165) is 4.31 Å². The van der Waals surface area contributed by atoms with Gasteiger partial charge >= 0.3 is 5.97 Å². The fourth-order valence-corrected chi connectivity index (χ4v) is 3.06. The molecule has 8 heteroatoms. The van der Waals surface area contributed by atoms with E-state index < -0.39 is 34.0 Å². The second kappa shape index (κ2) is 7.56. The Bertz CT molecular complexity index is 660. The van der Waals surface area contributed by atoms with Gasteiger partial charge in [0.2, 0.25) is 15.9 Å². The third-order valence-electron chi connectivity index (χ3n) is 3.58. The van der Waals surface area contributed by atoms with Crippen molar-refractivity contribution in [1.29, 1.82) is 0 Å². The van der Waals surface area contributed by atoms with Crippen LogP contribution in [0.25, 0.3) is 0 Å².